The quantitative estimate of drug-likeness (QED) is 0.731. The molecular formula is C14H28N2. The molecule has 2 heteroatoms. The zero-order valence-electron chi connectivity index (χ0n) is 11.0. The molecule has 2 nitrogen and oxygen atoms in total. The SMILES string of the molecule is CC1CC(C)N(C2(CN)CCCCCC2)C1. The minimum Gasteiger partial charge on any atom is -0.329 e. The topological polar surface area (TPSA) is 29.3 Å². The summed E-state index contributed by atoms with van der Waals surface area (Å²) in [6.45, 7) is 6.92. The van der Waals surface area contributed by atoms with Crippen molar-refractivity contribution in [2.45, 2.75) is 70.4 Å². The summed E-state index contributed by atoms with van der Waals surface area (Å²) in [4.78, 5) is 2.75. The fourth-order valence-corrected chi connectivity index (χ4v) is 3.96. The van der Waals surface area contributed by atoms with E-state index in [9.17, 15) is 0 Å². The molecule has 2 aliphatic rings. The van der Waals surface area contributed by atoms with Gasteiger partial charge in [-0.05, 0) is 32.1 Å². The molecule has 94 valence electrons. The predicted octanol–water partition coefficient (Wildman–Crippen LogP) is 2.77. The van der Waals surface area contributed by atoms with Gasteiger partial charge in [-0.3, -0.25) is 4.90 Å². The maximum absolute atomic E-state index is 6.15. The van der Waals surface area contributed by atoms with E-state index in [1.807, 2.05) is 0 Å². The standard InChI is InChI=1S/C14H28N2/c1-12-9-13(2)16(10-12)14(11-15)7-5-3-4-6-8-14/h12-13H,3-11,15H2,1-2H3. The Kier molecular flexibility index (Phi) is 3.91. The van der Waals surface area contributed by atoms with Gasteiger partial charge in [0.1, 0.15) is 0 Å². The molecule has 0 aromatic heterocycles. The van der Waals surface area contributed by atoms with E-state index in [-0.39, 0.29) is 0 Å². The van der Waals surface area contributed by atoms with Gasteiger partial charge in [-0.25, -0.2) is 0 Å². The van der Waals surface area contributed by atoms with Crippen LogP contribution in [-0.4, -0.2) is 29.6 Å². The summed E-state index contributed by atoms with van der Waals surface area (Å²) in [5.74, 6) is 0.863. The first-order chi connectivity index (χ1) is 7.68. The summed E-state index contributed by atoms with van der Waals surface area (Å²) in [7, 11) is 0. The fourth-order valence-electron chi connectivity index (χ4n) is 3.96. The highest BCUT2D eigenvalue weighted by molar-refractivity contribution is 4.98. The molecule has 0 bridgehead atoms. The van der Waals surface area contributed by atoms with Crippen molar-refractivity contribution in [1.29, 1.82) is 0 Å². The summed E-state index contributed by atoms with van der Waals surface area (Å²) in [5, 5.41) is 0. The lowest BCUT2D eigenvalue weighted by atomic mass is 9.87. The lowest BCUT2D eigenvalue weighted by Crippen LogP contribution is -2.55. The Hall–Kier alpha value is -0.0800. The van der Waals surface area contributed by atoms with Crippen LogP contribution in [0.15, 0.2) is 0 Å². The van der Waals surface area contributed by atoms with Crippen molar-refractivity contribution in [2.75, 3.05) is 13.1 Å². The Balaban J connectivity index is 2.12. The Morgan fingerprint density at radius 2 is 1.75 bits per heavy atom. The van der Waals surface area contributed by atoms with Crippen molar-refractivity contribution in [2.24, 2.45) is 11.7 Å². The molecule has 2 unspecified atom stereocenters. The molecular weight excluding hydrogens is 196 g/mol. The third-order valence-corrected chi connectivity index (χ3v) is 4.81. The van der Waals surface area contributed by atoms with Crippen molar-refractivity contribution < 1.29 is 0 Å². The van der Waals surface area contributed by atoms with Gasteiger partial charge in [0, 0.05) is 24.7 Å². The number of nitrogens with two attached hydrogens (primary N) is 1. The molecule has 0 amide bonds. The van der Waals surface area contributed by atoms with Crippen molar-refractivity contribution in [1.82, 2.24) is 4.90 Å². The number of likely N-dealkylation sites (tertiary alicyclic amines) is 1. The molecule has 2 N–H and O–H groups in total. The number of rotatable bonds is 2. The Morgan fingerprint density at radius 1 is 1.12 bits per heavy atom. The minimum atomic E-state index is 0.348. The third kappa shape index (κ3) is 2.28. The van der Waals surface area contributed by atoms with Crippen LogP contribution >= 0.6 is 0 Å². The van der Waals surface area contributed by atoms with Gasteiger partial charge in [0.25, 0.3) is 0 Å². The second-order valence-corrected chi connectivity index (χ2v) is 6.18. The molecule has 1 heterocycles. The van der Waals surface area contributed by atoms with E-state index in [1.54, 1.807) is 0 Å². The van der Waals surface area contributed by atoms with Gasteiger partial charge in [0.2, 0.25) is 0 Å². The lowest BCUT2D eigenvalue weighted by molar-refractivity contribution is 0.0695. The smallest absolute Gasteiger partial charge is 0.0334 e. The van der Waals surface area contributed by atoms with E-state index in [0.29, 0.717) is 5.54 Å². The molecule has 2 fully saturated rings. The Labute approximate surface area is 101 Å². The maximum atomic E-state index is 6.15. The van der Waals surface area contributed by atoms with Crippen LogP contribution < -0.4 is 5.73 Å². The molecule has 0 spiro atoms. The summed E-state index contributed by atoms with van der Waals surface area (Å²) in [5.41, 5.74) is 6.50. The first-order valence-electron chi connectivity index (χ1n) is 7.15. The van der Waals surface area contributed by atoms with Crippen LogP contribution in [0.3, 0.4) is 0 Å². The van der Waals surface area contributed by atoms with Gasteiger partial charge in [-0.2, -0.15) is 0 Å². The van der Waals surface area contributed by atoms with E-state index in [0.717, 1.165) is 18.5 Å². The van der Waals surface area contributed by atoms with Gasteiger partial charge >= 0.3 is 0 Å². The molecule has 0 aromatic carbocycles. The highest BCUT2D eigenvalue weighted by Gasteiger charge is 2.41. The number of nitrogens with zero attached hydrogens (tertiary/aromatic N) is 1. The van der Waals surface area contributed by atoms with Gasteiger partial charge in [-0.1, -0.05) is 32.6 Å². The lowest BCUT2D eigenvalue weighted by Gasteiger charge is -2.43. The Bertz CT molecular complexity index is 219. The largest absolute Gasteiger partial charge is 0.329 e. The Morgan fingerprint density at radius 3 is 2.19 bits per heavy atom. The summed E-state index contributed by atoms with van der Waals surface area (Å²) in [6.07, 6.45) is 9.63. The van der Waals surface area contributed by atoms with E-state index in [2.05, 4.69) is 18.7 Å². The van der Waals surface area contributed by atoms with Crippen molar-refractivity contribution >= 4 is 0 Å². The van der Waals surface area contributed by atoms with Crippen LogP contribution in [0.5, 0.6) is 0 Å². The van der Waals surface area contributed by atoms with Crippen LogP contribution in [0.1, 0.15) is 58.8 Å². The van der Waals surface area contributed by atoms with E-state index < -0.39 is 0 Å². The molecule has 1 saturated carbocycles. The van der Waals surface area contributed by atoms with Crippen LogP contribution in [0.25, 0.3) is 0 Å². The summed E-state index contributed by atoms with van der Waals surface area (Å²) in [6, 6.07) is 0.747. The molecule has 2 atom stereocenters. The van der Waals surface area contributed by atoms with Gasteiger partial charge in [0.05, 0.1) is 0 Å². The molecule has 0 aromatic rings. The van der Waals surface area contributed by atoms with Gasteiger partial charge in [-0.15, -0.1) is 0 Å². The second kappa shape index (κ2) is 5.05. The van der Waals surface area contributed by atoms with Crippen molar-refractivity contribution in [3.8, 4) is 0 Å². The highest BCUT2D eigenvalue weighted by Crippen LogP contribution is 2.38. The average molecular weight is 224 g/mol. The summed E-state index contributed by atoms with van der Waals surface area (Å²) >= 11 is 0. The van der Waals surface area contributed by atoms with Crippen LogP contribution in [0.4, 0.5) is 0 Å². The monoisotopic (exact) mass is 224 g/mol. The molecule has 16 heavy (non-hydrogen) atoms. The van der Waals surface area contributed by atoms with Crippen LogP contribution in [0.2, 0.25) is 0 Å². The second-order valence-electron chi connectivity index (χ2n) is 6.18. The van der Waals surface area contributed by atoms with E-state index in [4.69, 9.17) is 5.73 Å². The third-order valence-electron chi connectivity index (χ3n) is 4.81. The molecule has 0 radical (unpaired) electrons. The highest BCUT2D eigenvalue weighted by atomic mass is 15.3. The minimum absolute atomic E-state index is 0.348. The predicted molar refractivity (Wildman–Crippen MR) is 69.4 cm³/mol. The molecule has 1 aliphatic carbocycles. The average Bonchev–Trinajstić information content (AvgIpc) is 2.52. The number of hydrogen-bond acceptors (Lipinski definition) is 2. The normalized spacial score (nSPS) is 36.2. The first-order valence-corrected chi connectivity index (χ1v) is 7.15. The first kappa shape index (κ1) is 12.4. The van der Waals surface area contributed by atoms with Gasteiger partial charge < -0.3 is 5.73 Å². The number of hydrogen-bond donors (Lipinski definition) is 1. The zero-order valence-corrected chi connectivity index (χ0v) is 11.0. The van der Waals surface area contributed by atoms with E-state index in [1.165, 1.54) is 51.5 Å². The molecule has 1 saturated heterocycles. The van der Waals surface area contributed by atoms with Gasteiger partial charge in [0.15, 0.2) is 0 Å². The van der Waals surface area contributed by atoms with E-state index >= 15 is 0 Å². The van der Waals surface area contributed by atoms with Crippen molar-refractivity contribution in [3.63, 3.8) is 0 Å². The maximum Gasteiger partial charge on any atom is 0.0334 e. The summed E-state index contributed by atoms with van der Waals surface area (Å²) < 4.78 is 0. The zero-order chi connectivity index (χ0) is 11.6. The van der Waals surface area contributed by atoms with Crippen LogP contribution in [0, 0.1) is 5.92 Å². The van der Waals surface area contributed by atoms with Crippen molar-refractivity contribution in [3.05, 3.63) is 0 Å². The fraction of sp³-hybridized carbons (Fsp3) is 1.00. The molecule has 2 rings (SSSR count). The van der Waals surface area contributed by atoms with Crippen LogP contribution in [-0.2, 0) is 0 Å². The molecule has 1 aliphatic heterocycles.